The molecule has 1 unspecified atom stereocenters. The van der Waals surface area contributed by atoms with Gasteiger partial charge in [-0.25, -0.2) is 12.8 Å². The summed E-state index contributed by atoms with van der Waals surface area (Å²) in [4.78, 5) is 15.4. The summed E-state index contributed by atoms with van der Waals surface area (Å²) < 4.78 is 40.7. The van der Waals surface area contributed by atoms with E-state index in [1.54, 1.807) is 0 Å². The van der Waals surface area contributed by atoms with Gasteiger partial charge in [-0.2, -0.15) is 4.31 Å². The van der Waals surface area contributed by atoms with Crippen LogP contribution in [-0.2, 0) is 14.8 Å². The number of piperidine rings is 1. The third-order valence-corrected chi connectivity index (χ3v) is 8.73. The monoisotopic (exact) mass is 498 g/mol. The van der Waals surface area contributed by atoms with Crippen LogP contribution in [0.1, 0.15) is 44.2 Å². The summed E-state index contributed by atoms with van der Waals surface area (Å²) in [7, 11) is -3.79. The molecule has 2 fully saturated rings. The van der Waals surface area contributed by atoms with E-state index in [1.165, 1.54) is 10.4 Å². The van der Waals surface area contributed by atoms with Crippen LogP contribution in [0.15, 0.2) is 47.4 Å². The molecule has 0 N–H and O–H groups in total. The largest absolute Gasteiger partial charge is 0.333 e. The number of hydrogen-bond donors (Lipinski definition) is 0. The lowest BCUT2D eigenvalue weighted by atomic mass is 9.95. The summed E-state index contributed by atoms with van der Waals surface area (Å²) in [6.45, 7) is 2.50. The molecule has 0 bridgehead atoms. The molecular formula is C23H25Cl2FN2O3S. The van der Waals surface area contributed by atoms with Crippen LogP contribution in [0.3, 0.4) is 0 Å². The van der Waals surface area contributed by atoms with Gasteiger partial charge in [0, 0.05) is 30.1 Å². The first-order valence-electron chi connectivity index (χ1n) is 10.7. The molecule has 1 saturated carbocycles. The van der Waals surface area contributed by atoms with Crippen molar-refractivity contribution in [3.05, 3.63) is 63.9 Å². The summed E-state index contributed by atoms with van der Waals surface area (Å²) in [5.74, 6) is -0.810. The Morgan fingerprint density at radius 2 is 1.69 bits per heavy atom. The van der Waals surface area contributed by atoms with Gasteiger partial charge in [-0.15, -0.1) is 0 Å². The van der Waals surface area contributed by atoms with Gasteiger partial charge >= 0.3 is 0 Å². The highest BCUT2D eigenvalue weighted by Gasteiger charge is 2.41. The summed E-state index contributed by atoms with van der Waals surface area (Å²) >= 11 is 11.8. The molecule has 1 atom stereocenters. The molecule has 4 rings (SSSR count). The van der Waals surface area contributed by atoms with Gasteiger partial charge in [0.15, 0.2) is 0 Å². The molecule has 2 aromatic carbocycles. The Morgan fingerprint density at radius 1 is 1.06 bits per heavy atom. The molecule has 1 aliphatic carbocycles. The number of benzene rings is 2. The van der Waals surface area contributed by atoms with Crippen LogP contribution >= 0.6 is 23.2 Å². The lowest BCUT2D eigenvalue weighted by molar-refractivity contribution is -0.139. The summed E-state index contributed by atoms with van der Waals surface area (Å²) in [6.07, 6.45) is 2.87. The van der Waals surface area contributed by atoms with E-state index in [2.05, 4.69) is 0 Å². The average molecular weight is 499 g/mol. The van der Waals surface area contributed by atoms with Gasteiger partial charge in [-0.3, -0.25) is 4.79 Å². The van der Waals surface area contributed by atoms with E-state index in [0.717, 1.165) is 30.5 Å². The van der Waals surface area contributed by atoms with Gasteiger partial charge in [0.2, 0.25) is 15.9 Å². The van der Waals surface area contributed by atoms with Gasteiger partial charge in [-0.1, -0.05) is 35.3 Å². The van der Waals surface area contributed by atoms with E-state index in [9.17, 15) is 17.6 Å². The third-order valence-electron chi connectivity index (χ3n) is 6.30. The van der Waals surface area contributed by atoms with Crippen LogP contribution in [0, 0.1) is 11.7 Å². The smallest absolute Gasteiger partial charge is 0.243 e. The Bertz CT molecular complexity index is 1100. The molecule has 2 aromatic rings. The van der Waals surface area contributed by atoms with Crippen LogP contribution in [0.25, 0.3) is 0 Å². The topological polar surface area (TPSA) is 57.7 Å². The maximum absolute atomic E-state index is 13.4. The standard InChI is InChI=1S/C23H25Cl2FN2O3S/c1-15(16-2-4-18(24)5-3-16)28(19-6-7-19)23(29)17-10-12-27(13-11-17)32(30,31)20-8-9-22(26)21(25)14-20/h2-5,8-9,14-15,17,19H,6-7,10-13H2,1H3. The van der Waals surface area contributed by atoms with Crippen LogP contribution in [0.5, 0.6) is 0 Å². The number of hydrogen-bond acceptors (Lipinski definition) is 3. The molecule has 1 heterocycles. The zero-order valence-corrected chi connectivity index (χ0v) is 20.0. The Kier molecular flexibility index (Phi) is 6.82. The molecule has 0 radical (unpaired) electrons. The normalized spacial score (nSPS) is 19.0. The first-order valence-corrected chi connectivity index (χ1v) is 12.9. The molecule has 0 spiro atoms. The van der Waals surface area contributed by atoms with Crippen molar-refractivity contribution in [2.45, 2.75) is 49.6 Å². The highest BCUT2D eigenvalue weighted by atomic mass is 35.5. The van der Waals surface area contributed by atoms with E-state index >= 15 is 0 Å². The molecule has 2 aliphatic rings. The number of carbonyl (C=O) groups is 1. The van der Waals surface area contributed by atoms with Crippen molar-refractivity contribution >= 4 is 39.1 Å². The number of rotatable bonds is 6. The van der Waals surface area contributed by atoms with Gasteiger partial charge < -0.3 is 4.90 Å². The highest BCUT2D eigenvalue weighted by Crippen LogP contribution is 2.37. The number of amides is 1. The Balaban J connectivity index is 1.45. The van der Waals surface area contributed by atoms with Crippen molar-refractivity contribution in [3.63, 3.8) is 0 Å². The van der Waals surface area contributed by atoms with E-state index in [-0.39, 0.29) is 46.9 Å². The van der Waals surface area contributed by atoms with Crippen LogP contribution in [0.2, 0.25) is 10.0 Å². The molecule has 5 nitrogen and oxygen atoms in total. The van der Waals surface area contributed by atoms with Crippen LogP contribution in [0.4, 0.5) is 4.39 Å². The molecule has 1 amide bonds. The second-order valence-corrected chi connectivity index (χ2v) is 11.2. The van der Waals surface area contributed by atoms with E-state index in [0.29, 0.717) is 17.9 Å². The van der Waals surface area contributed by atoms with Crippen molar-refractivity contribution in [2.75, 3.05) is 13.1 Å². The maximum atomic E-state index is 13.4. The molecule has 9 heteroatoms. The molecule has 0 aromatic heterocycles. The number of sulfonamides is 1. The highest BCUT2D eigenvalue weighted by molar-refractivity contribution is 7.89. The van der Waals surface area contributed by atoms with Crippen molar-refractivity contribution in [1.82, 2.24) is 9.21 Å². The van der Waals surface area contributed by atoms with Crippen molar-refractivity contribution in [1.29, 1.82) is 0 Å². The Morgan fingerprint density at radius 3 is 2.25 bits per heavy atom. The quantitative estimate of drug-likeness (QED) is 0.543. The van der Waals surface area contributed by atoms with Gasteiger partial charge in [0.05, 0.1) is 16.0 Å². The fourth-order valence-electron chi connectivity index (χ4n) is 4.28. The van der Waals surface area contributed by atoms with Gasteiger partial charge in [0.1, 0.15) is 5.82 Å². The molecule has 172 valence electrons. The minimum Gasteiger partial charge on any atom is -0.333 e. The average Bonchev–Trinajstić information content (AvgIpc) is 3.61. The van der Waals surface area contributed by atoms with Gasteiger partial charge in [0.25, 0.3) is 0 Å². The third kappa shape index (κ3) is 4.81. The Labute approximate surface area is 198 Å². The van der Waals surface area contributed by atoms with Crippen molar-refractivity contribution in [3.8, 4) is 0 Å². The van der Waals surface area contributed by atoms with E-state index < -0.39 is 15.8 Å². The molecular weight excluding hydrogens is 474 g/mol. The van der Waals surface area contributed by atoms with Crippen molar-refractivity contribution < 1.29 is 17.6 Å². The molecule has 32 heavy (non-hydrogen) atoms. The van der Waals surface area contributed by atoms with Crippen LogP contribution < -0.4 is 0 Å². The second kappa shape index (κ2) is 9.29. The fraction of sp³-hybridized carbons (Fsp3) is 0.435. The summed E-state index contributed by atoms with van der Waals surface area (Å²) in [5.41, 5.74) is 1.03. The first kappa shape index (κ1) is 23.5. The summed E-state index contributed by atoms with van der Waals surface area (Å²) in [5, 5.41) is 0.425. The predicted octanol–water partition coefficient (Wildman–Crippen LogP) is 5.29. The van der Waals surface area contributed by atoms with Gasteiger partial charge in [-0.05, 0) is 68.5 Å². The first-order chi connectivity index (χ1) is 15.2. The maximum Gasteiger partial charge on any atom is 0.243 e. The minimum atomic E-state index is -3.79. The van der Waals surface area contributed by atoms with Crippen molar-refractivity contribution in [2.24, 2.45) is 5.92 Å². The fourth-order valence-corrected chi connectivity index (χ4v) is 6.15. The SMILES string of the molecule is CC(c1ccc(Cl)cc1)N(C(=O)C1CCN(S(=O)(=O)c2ccc(F)c(Cl)c2)CC1)C1CC1. The van der Waals surface area contributed by atoms with Crippen LogP contribution in [-0.4, -0.2) is 42.7 Å². The lowest BCUT2D eigenvalue weighted by Gasteiger charge is -2.36. The minimum absolute atomic E-state index is 0.0374. The molecule has 1 aliphatic heterocycles. The van der Waals surface area contributed by atoms with E-state index in [1.807, 2.05) is 36.1 Å². The number of nitrogens with zero attached hydrogens (tertiary/aromatic N) is 2. The number of halogens is 3. The zero-order valence-electron chi connectivity index (χ0n) is 17.7. The Hall–Kier alpha value is -1.67. The van der Waals surface area contributed by atoms with E-state index in [4.69, 9.17) is 23.2 Å². The zero-order chi connectivity index (χ0) is 23.0. The number of carbonyl (C=O) groups excluding carboxylic acids is 1. The lowest BCUT2D eigenvalue weighted by Crippen LogP contribution is -2.45. The molecule has 1 saturated heterocycles. The summed E-state index contributed by atoms with van der Waals surface area (Å²) in [6, 6.07) is 11.1. The second-order valence-electron chi connectivity index (χ2n) is 8.46. The predicted molar refractivity (Wildman–Crippen MR) is 123 cm³/mol.